The summed E-state index contributed by atoms with van der Waals surface area (Å²) in [5.74, 6) is 0.0530. The van der Waals surface area contributed by atoms with Gasteiger partial charge in [0.1, 0.15) is 0 Å². The largest absolute Gasteiger partial charge is 0.377 e. The first-order valence-corrected chi connectivity index (χ1v) is 4.34. The van der Waals surface area contributed by atoms with Crippen molar-refractivity contribution in [2.75, 3.05) is 20.2 Å². The lowest BCUT2D eigenvalue weighted by atomic mass is 10.2. The van der Waals surface area contributed by atoms with Crippen LogP contribution in [0.25, 0.3) is 0 Å². The number of nitrogens with one attached hydrogen (secondary N) is 2. The van der Waals surface area contributed by atoms with Crippen molar-refractivity contribution in [3.63, 3.8) is 0 Å². The summed E-state index contributed by atoms with van der Waals surface area (Å²) < 4.78 is 5.39. The molecule has 0 unspecified atom stereocenters. The third-order valence-corrected chi connectivity index (χ3v) is 2.06. The number of carbonyl (C=O) groups is 1. The Bertz CT molecular complexity index is 166. The van der Waals surface area contributed by atoms with Gasteiger partial charge in [-0.25, -0.2) is 0 Å². The van der Waals surface area contributed by atoms with Crippen molar-refractivity contribution in [1.82, 2.24) is 10.6 Å². The van der Waals surface area contributed by atoms with Gasteiger partial charge >= 0.3 is 0 Å². The summed E-state index contributed by atoms with van der Waals surface area (Å²) in [6.07, 6.45) is 0.991. The minimum absolute atomic E-state index is 0. The number of hydrogen-bond donors (Lipinski definition) is 2. The summed E-state index contributed by atoms with van der Waals surface area (Å²) in [5, 5.41) is 5.72. The van der Waals surface area contributed by atoms with E-state index in [1.54, 1.807) is 7.05 Å². The van der Waals surface area contributed by atoms with Gasteiger partial charge in [-0.05, 0) is 13.3 Å². The van der Waals surface area contributed by atoms with Crippen LogP contribution in [0.4, 0.5) is 0 Å². The number of hydrogen-bond acceptors (Lipinski definition) is 3. The van der Waals surface area contributed by atoms with Crippen molar-refractivity contribution in [2.45, 2.75) is 25.5 Å². The van der Waals surface area contributed by atoms with Gasteiger partial charge in [0.05, 0.1) is 12.1 Å². The van der Waals surface area contributed by atoms with Crippen molar-refractivity contribution in [2.24, 2.45) is 0 Å². The predicted molar refractivity (Wildman–Crippen MR) is 53.1 cm³/mol. The standard InChI is InChI=1S/C8H16N2O2.ClH/c1-3-12-6-4-7(10-5-6)8(11)9-2;/h6-7,10H,3-5H2,1-2H3,(H,9,11);1H/t6-,7+;/m1./s1. The Morgan fingerprint density at radius 1 is 1.69 bits per heavy atom. The van der Waals surface area contributed by atoms with Gasteiger partial charge in [0.2, 0.25) is 5.91 Å². The van der Waals surface area contributed by atoms with Crippen molar-refractivity contribution in [3.8, 4) is 0 Å². The molecule has 1 fully saturated rings. The van der Waals surface area contributed by atoms with Gasteiger partial charge in [-0.1, -0.05) is 0 Å². The smallest absolute Gasteiger partial charge is 0.236 e. The second kappa shape index (κ2) is 6.18. The number of likely N-dealkylation sites (N-methyl/N-ethyl adjacent to an activating group) is 1. The van der Waals surface area contributed by atoms with Crippen LogP contribution in [-0.4, -0.2) is 38.3 Å². The quantitative estimate of drug-likeness (QED) is 0.683. The minimum Gasteiger partial charge on any atom is -0.377 e. The monoisotopic (exact) mass is 208 g/mol. The number of halogens is 1. The number of ether oxygens (including phenoxy) is 1. The van der Waals surface area contributed by atoms with Crippen LogP contribution in [0.15, 0.2) is 0 Å². The van der Waals surface area contributed by atoms with Crippen LogP contribution >= 0.6 is 12.4 Å². The normalized spacial score (nSPS) is 26.6. The average molecular weight is 209 g/mol. The second-order valence-electron chi connectivity index (χ2n) is 2.89. The third kappa shape index (κ3) is 3.50. The Hall–Kier alpha value is -0.320. The zero-order valence-corrected chi connectivity index (χ0v) is 8.82. The first-order chi connectivity index (χ1) is 5.77. The zero-order chi connectivity index (χ0) is 8.97. The molecular formula is C8H17ClN2O2. The van der Waals surface area contributed by atoms with Crippen LogP contribution in [0, 0.1) is 0 Å². The van der Waals surface area contributed by atoms with Gasteiger partial charge in [0, 0.05) is 20.2 Å². The molecule has 0 aromatic heterocycles. The van der Waals surface area contributed by atoms with Gasteiger partial charge < -0.3 is 15.4 Å². The summed E-state index contributed by atoms with van der Waals surface area (Å²) in [6, 6.07) is -0.0634. The summed E-state index contributed by atoms with van der Waals surface area (Å²) in [4.78, 5) is 11.1. The number of rotatable bonds is 3. The minimum atomic E-state index is -0.0634. The van der Waals surface area contributed by atoms with E-state index in [0.717, 1.165) is 13.0 Å². The van der Waals surface area contributed by atoms with Crippen molar-refractivity contribution in [3.05, 3.63) is 0 Å². The molecule has 0 saturated carbocycles. The first kappa shape index (κ1) is 12.7. The number of amides is 1. The average Bonchev–Trinajstić information content (AvgIpc) is 2.52. The lowest BCUT2D eigenvalue weighted by molar-refractivity contribution is -0.122. The predicted octanol–water partition coefficient (Wildman–Crippen LogP) is -0.0788. The number of carbonyl (C=O) groups excluding carboxylic acids is 1. The highest BCUT2D eigenvalue weighted by molar-refractivity contribution is 5.85. The van der Waals surface area contributed by atoms with Gasteiger partial charge in [-0.3, -0.25) is 4.79 Å². The highest BCUT2D eigenvalue weighted by Crippen LogP contribution is 2.09. The first-order valence-electron chi connectivity index (χ1n) is 4.34. The highest BCUT2D eigenvalue weighted by atomic mass is 35.5. The van der Waals surface area contributed by atoms with E-state index in [1.165, 1.54) is 0 Å². The summed E-state index contributed by atoms with van der Waals surface area (Å²) in [7, 11) is 1.65. The molecule has 4 nitrogen and oxygen atoms in total. The molecule has 1 rings (SSSR count). The maximum atomic E-state index is 11.1. The Morgan fingerprint density at radius 3 is 2.92 bits per heavy atom. The lowest BCUT2D eigenvalue weighted by Gasteiger charge is -2.08. The van der Waals surface area contributed by atoms with E-state index in [4.69, 9.17) is 4.74 Å². The molecule has 0 spiro atoms. The van der Waals surface area contributed by atoms with Crippen LogP contribution in [0.5, 0.6) is 0 Å². The molecule has 1 saturated heterocycles. The summed E-state index contributed by atoms with van der Waals surface area (Å²) in [6.45, 7) is 3.46. The van der Waals surface area contributed by atoms with Crippen molar-refractivity contribution < 1.29 is 9.53 Å². The van der Waals surface area contributed by atoms with Crippen molar-refractivity contribution >= 4 is 18.3 Å². The molecule has 2 atom stereocenters. The molecule has 1 aliphatic rings. The maximum absolute atomic E-state index is 11.1. The van der Waals surface area contributed by atoms with Crippen LogP contribution in [0.2, 0.25) is 0 Å². The molecule has 1 heterocycles. The molecule has 5 heteroatoms. The maximum Gasteiger partial charge on any atom is 0.236 e. The third-order valence-electron chi connectivity index (χ3n) is 2.06. The van der Waals surface area contributed by atoms with E-state index < -0.39 is 0 Å². The molecule has 0 radical (unpaired) electrons. The molecule has 0 aliphatic carbocycles. The Morgan fingerprint density at radius 2 is 2.38 bits per heavy atom. The second-order valence-corrected chi connectivity index (χ2v) is 2.89. The molecule has 0 bridgehead atoms. The Labute approximate surface area is 84.8 Å². The molecule has 1 amide bonds. The van der Waals surface area contributed by atoms with E-state index in [9.17, 15) is 4.79 Å². The van der Waals surface area contributed by atoms with Crippen molar-refractivity contribution in [1.29, 1.82) is 0 Å². The summed E-state index contributed by atoms with van der Waals surface area (Å²) in [5.41, 5.74) is 0. The highest BCUT2D eigenvalue weighted by Gasteiger charge is 2.28. The van der Waals surface area contributed by atoms with Crippen LogP contribution < -0.4 is 10.6 Å². The van der Waals surface area contributed by atoms with Crippen LogP contribution in [-0.2, 0) is 9.53 Å². The molecule has 78 valence electrons. The Kier molecular flexibility index (Phi) is 6.03. The zero-order valence-electron chi connectivity index (χ0n) is 8.00. The van der Waals surface area contributed by atoms with E-state index >= 15 is 0 Å². The van der Waals surface area contributed by atoms with Gasteiger partial charge in [-0.2, -0.15) is 0 Å². The molecule has 1 aliphatic heterocycles. The molecule has 0 aromatic carbocycles. The van der Waals surface area contributed by atoms with Gasteiger partial charge in [0.15, 0.2) is 0 Å². The molecule has 2 N–H and O–H groups in total. The van der Waals surface area contributed by atoms with E-state index in [-0.39, 0.29) is 30.5 Å². The molecule has 0 aromatic rings. The lowest BCUT2D eigenvalue weighted by Crippen LogP contribution is -2.38. The fourth-order valence-corrected chi connectivity index (χ4v) is 1.44. The fourth-order valence-electron chi connectivity index (χ4n) is 1.44. The van der Waals surface area contributed by atoms with Gasteiger partial charge in [-0.15, -0.1) is 12.4 Å². The topological polar surface area (TPSA) is 50.4 Å². The molecular weight excluding hydrogens is 192 g/mol. The fraction of sp³-hybridized carbons (Fsp3) is 0.875. The van der Waals surface area contributed by atoms with E-state index in [0.29, 0.717) is 6.61 Å². The SMILES string of the molecule is CCO[C@H]1CN[C@H](C(=O)NC)C1.Cl. The van der Waals surface area contributed by atoms with E-state index in [2.05, 4.69) is 10.6 Å². The summed E-state index contributed by atoms with van der Waals surface area (Å²) >= 11 is 0. The van der Waals surface area contributed by atoms with Crippen LogP contribution in [0.3, 0.4) is 0 Å². The van der Waals surface area contributed by atoms with Gasteiger partial charge in [0.25, 0.3) is 0 Å². The van der Waals surface area contributed by atoms with Crippen LogP contribution in [0.1, 0.15) is 13.3 Å². The molecule has 13 heavy (non-hydrogen) atoms. The Balaban J connectivity index is 0.00000144. The van der Waals surface area contributed by atoms with E-state index in [1.807, 2.05) is 6.92 Å².